The number of rotatable bonds is 5. The number of carbonyl (C=O) groups excluding carboxylic acids is 1. The van der Waals surface area contributed by atoms with E-state index in [-0.39, 0.29) is 23.8 Å². The Morgan fingerprint density at radius 1 is 1.10 bits per heavy atom. The van der Waals surface area contributed by atoms with Crippen molar-refractivity contribution in [2.75, 3.05) is 5.32 Å². The van der Waals surface area contributed by atoms with Gasteiger partial charge < -0.3 is 11.1 Å². The maximum Gasteiger partial charge on any atom is 0.169 e. The minimum atomic E-state index is -0.120. The van der Waals surface area contributed by atoms with Crippen LogP contribution in [0.5, 0.6) is 0 Å². The van der Waals surface area contributed by atoms with Gasteiger partial charge in [0.05, 0.1) is 16.8 Å². The highest BCUT2D eigenvalue weighted by Crippen LogP contribution is 2.33. The zero-order chi connectivity index (χ0) is 22.0. The Balaban J connectivity index is 1.81. The van der Waals surface area contributed by atoms with Crippen molar-refractivity contribution in [2.45, 2.75) is 51.6 Å². The van der Waals surface area contributed by atoms with E-state index in [0.29, 0.717) is 11.3 Å². The Morgan fingerprint density at radius 3 is 2.48 bits per heavy atom. The Bertz CT molecular complexity index is 1140. The molecule has 0 radical (unpaired) electrons. The highest BCUT2D eigenvalue weighted by atomic mass is 16.1. The van der Waals surface area contributed by atoms with Gasteiger partial charge >= 0.3 is 0 Å². The highest BCUT2D eigenvalue weighted by Gasteiger charge is 2.23. The Hall–Kier alpha value is -3.30. The zero-order valence-electron chi connectivity index (χ0n) is 17.9. The second kappa shape index (κ2) is 8.83. The summed E-state index contributed by atoms with van der Waals surface area (Å²) in [6, 6.07) is 12.2. The van der Waals surface area contributed by atoms with Crippen LogP contribution in [0.2, 0.25) is 0 Å². The molecule has 0 aliphatic heterocycles. The van der Waals surface area contributed by atoms with Crippen molar-refractivity contribution >= 4 is 22.4 Å². The van der Waals surface area contributed by atoms with E-state index >= 15 is 0 Å². The number of nitrogens with zero attached hydrogens (tertiary/aromatic N) is 3. The number of nitrogens with one attached hydrogen (secondary N) is 1. The zero-order valence-corrected chi connectivity index (χ0v) is 17.9. The number of fused-ring (bicyclic) bond motifs is 1. The van der Waals surface area contributed by atoms with Crippen LogP contribution in [0.3, 0.4) is 0 Å². The predicted octanol–water partition coefficient (Wildman–Crippen LogP) is 4.69. The molecule has 158 valence electrons. The smallest absolute Gasteiger partial charge is 0.169 e. The van der Waals surface area contributed by atoms with Crippen molar-refractivity contribution in [1.82, 2.24) is 9.97 Å². The first-order valence-corrected chi connectivity index (χ1v) is 10.8. The van der Waals surface area contributed by atoms with E-state index in [1.807, 2.05) is 38.1 Å². The summed E-state index contributed by atoms with van der Waals surface area (Å²) in [6.45, 7) is 3.82. The molecular weight excluding hydrogens is 386 g/mol. The van der Waals surface area contributed by atoms with E-state index in [9.17, 15) is 4.79 Å². The summed E-state index contributed by atoms with van der Waals surface area (Å²) in [6.07, 6.45) is 7.34. The molecule has 2 heterocycles. The standard InChI is InChI=1S/C25H27N5O/c1-15(2)25(31)22-14-29-23-10-4-16(17-3-7-20(12-26)28-13-17)11-21(23)24(22)30-19-8-5-18(27)6-9-19/h3-4,7,10-11,13-15,18-19H,5-6,8-9,27H2,1-2H3,(H,29,30)/t18-,19-. The van der Waals surface area contributed by atoms with Crippen LogP contribution in [-0.2, 0) is 0 Å². The third kappa shape index (κ3) is 4.42. The predicted molar refractivity (Wildman–Crippen MR) is 123 cm³/mol. The van der Waals surface area contributed by atoms with Crippen molar-refractivity contribution in [3.8, 4) is 17.2 Å². The van der Waals surface area contributed by atoms with Gasteiger partial charge in [-0.05, 0) is 55.5 Å². The van der Waals surface area contributed by atoms with E-state index in [4.69, 9.17) is 11.0 Å². The number of ketones is 1. The number of hydrogen-bond acceptors (Lipinski definition) is 6. The minimum Gasteiger partial charge on any atom is -0.381 e. The van der Waals surface area contributed by atoms with E-state index < -0.39 is 0 Å². The molecule has 31 heavy (non-hydrogen) atoms. The first-order valence-electron chi connectivity index (χ1n) is 10.8. The number of nitrogens with two attached hydrogens (primary N) is 1. The average molecular weight is 414 g/mol. The third-order valence-electron chi connectivity index (χ3n) is 5.99. The van der Waals surface area contributed by atoms with Gasteiger partial charge in [0.25, 0.3) is 0 Å². The second-order valence-corrected chi connectivity index (χ2v) is 8.60. The van der Waals surface area contributed by atoms with Gasteiger partial charge in [-0.2, -0.15) is 5.26 Å². The van der Waals surface area contributed by atoms with Crippen molar-refractivity contribution in [1.29, 1.82) is 5.26 Å². The molecule has 1 aliphatic carbocycles. The summed E-state index contributed by atoms with van der Waals surface area (Å²) in [7, 11) is 0. The van der Waals surface area contributed by atoms with Crippen LogP contribution in [0.4, 0.5) is 5.69 Å². The highest BCUT2D eigenvalue weighted by molar-refractivity contribution is 6.09. The van der Waals surface area contributed by atoms with Gasteiger partial charge in [-0.25, -0.2) is 4.98 Å². The number of benzene rings is 1. The van der Waals surface area contributed by atoms with Crippen LogP contribution in [0.25, 0.3) is 22.0 Å². The maximum absolute atomic E-state index is 13.0. The number of carbonyl (C=O) groups is 1. The lowest BCUT2D eigenvalue weighted by molar-refractivity contribution is 0.0940. The largest absolute Gasteiger partial charge is 0.381 e. The average Bonchev–Trinajstić information content (AvgIpc) is 2.80. The lowest BCUT2D eigenvalue weighted by Gasteiger charge is -2.29. The number of Topliss-reactive ketones (excluding diaryl/α,β-unsaturated/α-hetero) is 1. The van der Waals surface area contributed by atoms with Crippen LogP contribution in [0, 0.1) is 17.2 Å². The van der Waals surface area contributed by atoms with Gasteiger partial charge in [0.2, 0.25) is 0 Å². The number of aromatic nitrogens is 2. The summed E-state index contributed by atoms with van der Waals surface area (Å²) in [4.78, 5) is 21.7. The fraction of sp³-hybridized carbons (Fsp3) is 0.360. The van der Waals surface area contributed by atoms with Crippen LogP contribution < -0.4 is 11.1 Å². The normalized spacial score (nSPS) is 18.7. The number of anilines is 1. The Morgan fingerprint density at radius 2 is 1.84 bits per heavy atom. The first kappa shape index (κ1) is 21.0. The molecule has 0 unspecified atom stereocenters. The van der Waals surface area contributed by atoms with Crippen LogP contribution >= 0.6 is 0 Å². The molecule has 6 heteroatoms. The maximum atomic E-state index is 13.0. The molecule has 1 saturated carbocycles. The molecule has 0 bridgehead atoms. The van der Waals surface area contributed by atoms with E-state index in [2.05, 4.69) is 21.4 Å². The molecule has 2 aromatic heterocycles. The van der Waals surface area contributed by atoms with Gasteiger partial charge in [0, 0.05) is 41.3 Å². The molecule has 0 spiro atoms. The van der Waals surface area contributed by atoms with Gasteiger partial charge in [-0.1, -0.05) is 19.9 Å². The van der Waals surface area contributed by atoms with Gasteiger partial charge in [0.15, 0.2) is 5.78 Å². The molecule has 3 aromatic rings. The molecular formula is C25H27N5O. The monoisotopic (exact) mass is 413 g/mol. The summed E-state index contributed by atoms with van der Waals surface area (Å²) in [5.41, 5.74) is 10.7. The van der Waals surface area contributed by atoms with Crippen LogP contribution in [0.1, 0.15) is 55.6 Å². The summed E-state index contributed by atoms with van der Waals surface area (Å²) in [5.74, 6) is -0.0414. The molecule has 4 rings (SSSR count). The molecule has 1 fully saturated rings. The summed E-state index contributed by atoms with van der Waals surface area (Å²) in [5, 5.41) is 13.6. The van der Waals surface area contributed by atoms with E-state index in [1.54, 1.807) is 18.5 Å². The molecule has 0 saturated heterocycles. The van der Waals surface area contributed by atoms with Crippen LogP contribution in [0.15, 0.2) is 42.7 Å². The van der Waals surface area contributed by atoms with E-state index in [0.717, 1.165) is 53.4 Å². The van der Waals surface area contributed by atoms with Crippen molar-refractivity contribution < 1.29 is 4.79 Å². The summed E-state index contributed by atoms with van der Waals surface area (Å²) >= 11 is 0. The quantitative estimate of drug-likeness (QED) is 0.588. The molecule has 6 nitrogen and oxygen atoms in total. The number of nitriles is 1. The molecule has 0 amide bonds. The number of pyridine rings is 2. The Labute approximate surface area is 182 Å². The lowest BCUT2D eigenvalue weighted by Crippen LogP contribution is -2.33. The summed E-state index contributed by atoms with van der Waals surface area (Å²) < 4.78 is 0. The Kier molecular flexibility index (Phi) is 5.97. The van der Waals surface area contributed by atoms with Gasteiger partial charge in [0.1, 0.15) is 11.8 Å². The van der Waals surface area contributed by atoms with E-state index in [1.165, 1.54) is 0 Å². The second-order valence-electron chi connectivity index (χ2n) is 8.60. The lowest BCUT2D eigenvalue weighted by atomic mass is 9.90. The molecule has 1 aliphatic rings. The molecule has 0 atom stereocenters. The van der Waals surface area contributed by atoms with Crippen molar-refractivity contribution in [3.63, 3.8) is 0 Å². The molecule has 3 N–H and O–H groups in total. The minimum absolute atomic E-state index is 0.0786. The third-order valence-corrected chi connectivity index (χ3v) is 5.99. The van der Waals surface area contributed by atoms with Gasteiger partial charge in [-0.15, -0.1) is 0 Å². The van der Waals surface area contributed by atoms with Crippen LogP contribution in [-0.4, -0.2) is 27.8 Å². The van der Waals surface area contributed by atoms with Crippen molar-refractivity contribution in [2.24, 2.45) is 11.7 Å². The molecule has 1 aromatic carbocycles. The van der Waals surface area contributed by atoms with Crippen molar-refractivity contribution in [3.05, 3.63) is 54.0 Å². The topological polar surface area (TPSA) is 105 Å². The fourth-order valence-corrected chi connectivity index (χ4v) is 4.12. The van der Waals surface area contributed by atoms with Gasteiger partial charge in [-0.3, -0.25) is 9.78 Å². The fourth-order valence-electron chi connectivity index (χ4n) is 4.12. The first-order chi connectivity index (χ1) is 15.0. The number of hydrogen-bond donors (Lipinski definition) is 2. The SMILES string of the molecule is CC(C)C(=O)c1cnc2ccc(-c3ccc(C#N)nc3)cc2c1N[C@H]1CC[C@H](N)CC1.